The van der Waals surface area contributed by atoms with Gasteiger partial charge in [0.25, 0.3) is 0 Å². The monoisotopic (exact) mass is 598 g/mol. The lowest BCUT2D eigenvalue weighted by atomic mass is 10.2. The third-order valence-electron chi connectivity index (χ3n) is 4.38. The summed E-state index contributed by atoms with van der Waals surface area (Å²) in [7, 11) is -3.64. The molecule has 21 nitrogen and oxygen atoms in total. The molecule has 0 spiro atoms. The van der Waals surface area contributed by atoms with Gasteiger partial charge in [0.15, 0.2) is 0 Å². The molecule has 0 aromatic heterocycles. The normalized spacial score (nSPS) is 14.2. The summed E-state index contributed by atoms with van der Waals surface area (Å²) in [6, 6.07) is -3.99. The highest BCUT2D eigenvalue weighted by Crippen LogP contribution is 2.27. The van der Waals surface area contributed by atoms with Crippen LogP contribution in [-0.2, 0) is 61.6 Å². The fraction of sp³-hybridized carbons (Fsp3) is 0.444. The van der Waals surface area contributed by atoms with E-state index < -0.39 is 92.1 Å². The van der Waals surface area contributed by atoms with Crippen LogP contribution in [0.4, 0.5) is 0 Å². The summed E-state index contributed by atoms with van der Waals surface area (Å²) in [6.45, 7) is 3.68. The van der Waals surface area contributed by atoms with E-state index in [2.05, 4.69) is 0 Å². The first-order chi connectivity index (χ1) is 18.2. The Bertz CT molecular complexity index is 1020. The molecular weight excluding hydrogens is 575 g/mol. The second kappa shape index (κ2) is 15.0. The van der Waals surface area contributed by atoms with Crippen molar-refractivity contribution >= 4 is 67.6 Å². The maximum absolute atomic E-state index is 12.3. The van der Waals surface area contributed by atoms with E-state index in [4.69, 9.17) is 29.5 Å². The predicted molar refractivity (Wildman–Crippen MR) is 120 cm³/mol. The van der Waals surface area contributed by atoms with Gasteiger partial charge in [0.05, 0.1) is 0 Å². The molecule has 0 aromatic carbocycles. The van der Waals surface area contributed by atoms with Gasteiger partial charge in [-0.25, -0.2) is 19.2 Å². The van der Waals surface area contributed by atoms with E-state index >= 15 is 0 Å². The first kappa shape index (κ1) is 35.2. The van der Waals surface area contributed by atoms with Crippen molar-refractivity contribution in [2.75, 3.05) is 0 Å². The molecule has 0 heterocycles. The van der Waals surface area contributed by atoms with Crippen molar-refractivity contribution in [3.05, 3.63) is 0 Å². The zero-order chi connectivity index (χ0) is 31.6. The van der Waals surface area contributed by atoms with E-state index in [1.807, 2.05) is 10.6 Å². The Morgan fingerprint density at radius 3 is 0.975 bits per heavy atom. The van der Waals surface area contributed by atoms with E-state index in [0.717, 1.165) is 27.7 Å². The van der Waals surface area contributed by atoms with Gasteiger partial charge in [-0.15, -0.1) is 0 Å². The molecule has 0 rings (SSSR count). The third-order valence-corrected chi connectivity index (χ3v) is 5.47. The van der Waals surface area contributed by atoms with Crippen LogP contribution < -0.4 is 10.6 Å². The minimum absolute atomic E-state index is 0.363. The highest BCUT2D eigenvalue weighted by Gasteiger charge is 2.40. The van der Waals surface area contributed by atoms with Gasteiger partial charge in [-0.05, 0) is 27.7 Å². The van der Waals surface area contributed by atoms with Crippen molar-refractivity contribution < 1.29 is 82.0 Å². The van der Waals surface area contributed by atoms with Gasteiger partial charge in [-0.3, -0.25) is 52.2 Å². The number of imide groups is 2. The highest BCUT2D eigenvalue weighted by molar-refractivity contribution is 7.33. The lowest BCUT2D eigenvalue weighted by Crippen LogP contribution is -2.56. The zero-order valence-corrected chi connectivity index (χ0v) is 21.8. The standard InChI is InChI=1S/C18H23N4O17P/c1-5(21(11(25)15(29)30)12(26)16(31)32)9(23)19-7(3)38-40(37)39-8(4)20-10(24)6(2)22(13(27)17(33)34)14(28)18(35)36/h5-8,40H,1-4H3,(H,19,23)(H,20,24)(H,29,30)(H,31,32)(H,33,34)(H,35,36)/t5-,6-,7?,8?/m0/s1. The molecule has 4 atom stereocenters. The molecule has 40 heavy (non-hydrogen) atoms. The van der Waals surface area contributed by atoms with Crippen molar-refractivity contribution in [2.45, 2.75) is 52.2 Å². The molecule has 0 aliphatic heterocycles. The van der Waals surface area contributed by atoms with Gasteiger partial charge in [0.1, 0.15) is 24.5 Å². The van der Waals surface area contributed by atoms with E-state index in [-0.39, 0.29) is 9.80 Å². The van der Waals surface area contributed by atoms with Crippen LogP contribution in [0.2, 0.25) is 0 Å². The topological polar surface area (TPSA) is 318 Å². The van der Waals surface area contributed by atoms with E-state index in [1.165, 1.54) is 0 Å². The van der Waals surface area contributed by atoms with Crippen molar-refractivity contribution in [1.29, 1.82) is 0 Å². The van der Waals surface area contributed by atoms with Crippen molar-refractivity contribution in [3.8, 4) is 0 Å². The number of amides is 6. The summed E-state index contributed by atoms with van der Waals surface area (Å²) < 4.78 is 21.7. The molecule has 22 heteroatoms. The van der Waals surface area contributed by atoms with Crippen LogP contribution in [0.1, 0.15) is 27.7 Å². The van der Waals surface area contributed by atoms with Crippen LogP contribution in [0.3, 0.4) is 0 Å². The Labute approximate surface area is 222 Å². The zero-order valence-electron chi connectivity index (χ0n) is 20.8. The highest BCUT2D eigenvalue weighted by atomic mass is 31.1. The average molecular weight is 598 g/mol. The van der Waals surface area contributed by atoms with Crippen LogP contribution in [0.25, 0.3) is 0 Å². The van der Waals surface area contributed by atoms with Gasteiger partial charge in [-0.1, -0.05) is 0 Å². The number of aliphatic carboxylic acids is 4. The molecule has 2 unspecified atom stereocenters. The van der Waals surface area contributed by atoms with Crippen molar-refractivity contribution in [2.24, 2.45) is 0 Å². The third kappa shape index (κ3) is 9.85. The van der Waals surface area contributed by atoms with Crippen LogP contribution in [0, 0.1) is 0 Å². The van der Waals surface area contributed by atoms with E-state index in [9.17, 15) is 52.5 Å². The largest absolute Gasteiger partial charge is 0.474 e. The first-order valence-electron chi connectivity index (χ1n) is 10.4. The summed E-state index contributed by atoms with van der Waals surface area (Å²) in [4.78, 5) is 114. The van der Waals surface area contributed by atoms with Crippen LogP contribution in [-0.4, -0.2) is 114 Å². The molecule has 0 bridgehead atoms. The Hall–Kier alpha value is -4.75. The number of rotatable bonds is 10. The molecule has 0 aromatic rings. The fourth-order valence-electron chi connectivity index (χ4n) is 2.55. The number of nitrogens with zero attached hydrogens (tertiary/aromatic N) is 2. The summed E-state index contributed by atoms with van der Waals surface area (Å²) in [5.74, 6) is -19.8. The summed E-state index contributed by atoms with van der Waals surface area (Å²) in [5.41, 5.74) is 0. The summed E-state index contributed by atoms with van der Waals surface area (Å²) in [5, 5.41) is 38.9. The SMILES string of the molecule is CC(NC(=O)[C@H](C)N(C(=O)C(=O)O)C(=O)C(=O)O)O[PH](=O)OC(C)NC(=O)[C@H](C)N(C(=O)C(=O)O)C(=O)C(=O)O. The number of carboxylic acid groups (broad SMARTS) is 4. The van der Waals surface area contributed by atoms with E-state index in [1.54, 1.807) is 0 Å². The minimum Gasteiger partial charge on any atom is -0.474 e. The van der Waals surface area contributed by atoms with Crippen molar-refractivity contribution in [1.82, 2.24) is 20.4 Å². The number of carbonyl (C=O) groups excluding carboxylic acids is 6. The number of hydrogen-bond donors (Lipinski definition) is 6. The average Bonchev–Trinajstić information content (AvgIpc) is 2.82. The smallest absolute Gasteiger partial charge is 0.395 e. The van der Waals surface area contributed by atoms with Crippen molar-refractivity contribution in [3.63, 3.8) is 0 Å². The van der Waals surface area contributed by atoms with Gasteiger partial charge in [0, 0.05) is 0 Å². The Kier molecular flexibility index (Phi) is 13.2. The fourth-order valence-corrected chi connectivity index (χ4v) is 3.30. The molecule has 0 saturated heterocycles. The number of carboxylic acids is 4. The molecule has 6 N–H and O–H groups in total. The lowest BCUT2D eigenvalue weighted by Gasteiger charge is -2.26. The number of hydrogen-bond acceptors (Lipinski definition) is 13. The van der Waals surface area contributed by atoms with Gasteiger partial charge >= 0.3 is 55.8 Å². The minimum atomic E-state index is -3.64. The molecule has 6 amide bonds. The molecular formula is C18H23N4O17P. The Morgan fingerprint density at radius 1 is 0.550 bits per heavy atom. The van der Waals surface area contributed by atoms with E-state index in [0.29, 0.717) is 0 Å². The molecule has 222 valence electrons. The summed E-state index contributed by atoms with van der Waals surface area (Å²) >= 11 is 0. The maximum Gasteiger partial charge on any atom is 0.395 e. The second-order valence-electron chi connectivity index (χ2n) is 7.32. The Balaban J connectivity index is 5.26. The predicted octanol–water partition coefficient (Wildman–Crippen LogP) is -3.84. The summed E-state index contributed by atoms with van der Waals surface area (Å²) in [6.07, 6.45) is -3.11. The lowest BCUT2D eigenvalue weighted by molar-refractivity contribution is -0.168. The van der Waals surface area contributed by atoms with Crippen LogP contribution in [0.15, 0.2) is 0 Å². The molecule has 0 aliphatic rings. The maximum atomic E-state index is 12.3. The Morgan fingerprint density at radius 2 is 0.775 bits per heavy atom. The number of carbonyl (C=O) groups is 10. The van der Waals surface area contributed by atoms with Gasteiger partial charge in [0.2, 0.25) is 11.8 Å². The van der Waals surface area contributed by atoms with Gasteiger partial charge < -0.3 is 31.1 Å². The molecule has 0 aliphatic carbocycles. The van der Waals surface area contributed by atoms with Crippen LogP contribution >= 0.6 is 8.25 Å². The molecule has 0 saturated carbocycles. The first-order valence-corrected chi connectivity index (χ1v) is 11.6. The molecule has 0 fully saturated rings. The second-order valence-corrected chi connectivity index (χ2v) is 8.29. The molecule has 0 radical (unpaired) electrons. The van der Waals surface area contributed by atoms with Gasteiger partial charge in [-0.2, -0.15) is 0 Å². The van der Waals surface area contributed by atoms with Crippen LogP contribution in [0.5, 0.6) is 0 Å². The number of nitrogens with one attached hydrogen (secondary N) is 2. The quantitative estimate of drug-likeness (QED) is 0.0796.